The highest BCUT2D eigenvalue weighted by molar-refractivity contribution is 9.11. The number of thiophene rings is 1. The highest BCUT2D eigenvalue weighted by atomic mass is 79.9. The van der Waals surface area contributed by atoms with Gasteiger partial charge in [-0.3, -0.25) is 0 Å². The lowest BCUT2D eigenvalue weighted by atomic mass is 9.50. The largest absolute Gasteiger partial charge is 0.309 e. The molecule has 1 aromatic heterocycles. The smallest absolute Gasteiger partial charge is 0.0731 e. The molecule has 0 aromatic carbocycles. The zero-order chi connectivity index (χ0) is 14.6. The molecule has 21 heavy (non-hydrogen) atoms. The zero-order valence-electron chi connectivity index (χ0n) is 13.1. The number of aryl methyl sites for hydroxylation is 1. The monoisotopic (exact) mass is 367 g/mol. The van der Waals surface area contributed by atoms with Crippen LogP contribution in [-0.2, 0) is 0 Å². The van der Waals surface area contributed by atoms with Crippen LogP contribution in [0.15, 0.2) is 9.85 Å². The van der Waals surface area contributed by atoms with E-state index in [0.29, 0.717) is 6.04 Å². The second-order valence-electron chi connectivity index (χ2n) is 7.65. The summed E-state index contributed by atoms with van der Waals surface area (Å²) in [5, 5.41) is 3.86. The SMILES string of the molecule is CCNC(c1cc(C)c(Br)s1)C1C2CC3CC(C2)CC1C3. The maximum Gasteiger partial charge on any atom is 0.0731 e. The highest BCUT2D eigenvalue weighted by Gasteiger charge is 2.50. The quantitative estimate of drug-likeness (QED) is 0.736. The van der Waals surface area contributed by atoms with Crippen LogP contribution >= 0.6 is 27.3 Å². The fourth-order valence-electron chi connectivity index (χ4n) is 5.79. The minimum Gasteiger partial charge on any atom is -0.309 e. The average molecular weight is 368 g/mol. The van der Waals surface area contributed by atoms with Crippen molar-refractivity contribution in [3.8, 4) is 0 Å². The van der Waals surface area contributed by atoms with Crippen molar-refractivity contribution in [1.82, 2.24) is 5.32 Å². The molecule has 4 aliphatic carbocycles. The Morgan fingerprint density at radius 1 is 1.19 bits per heavy atom. The van der Waals surface area contributed by atoms with Gasteiger partial charge in [0.05, 0.1) is 3.79 Å². The summed E-state index contributed by atoms with van der Waals surface area (Å²) in [7, 11) is 0. The molecule has 1 unspecified atom stereocenters. The summed E-state index contributed by atoms with van der Waals surface area (Å²) < 4.78 is 1.32. The van der Waals surface area contributed by atoms with Gasteiger partial charge in [0, 0.05) is 10.9 Å². The van der Waals surface area contributed by atoms with Crippen LogP contribution in [0.4, 0.5) is 0 Å². The number of hydrogen-bond acceptors (Lipinski definition) is 2. The van der Waals surface area contributed by atoms with Crippen LogP contribution in [0.1, 0.15) is 55.5 Å². The normalized spacial score (nSPS) is 38.9. The molecule has 0 saturated heterocycles. The summed E-state index contributed by atoms with van der Waals surface area (Å²) in [5.74, 6) is 5.02. The van der Waals surface area contributed by atoms with Crippen molar-refractivity contribution in [2.45, 2.75) is 52.0 Å². The van der Waals surface area contributed by atoms with E-state index in [4.69, 9.17) is 0 Å². The predicted molar refractivity (Wildman–Crippen MR) is 93.7 cm³/mol. The first-order valence-electron chi connectivity index (χ1n) is 8.65. The molecule has 1 atom stereocenters. The van der Waals surface area contributed by atoms with Gasteiger partial charge in [-0.2, -0.15) is 0 Å². The molecule has 4 fully saturated rings. The minimum absolute atomic E-state index is 0.597. The molecule has 4 aliphatic rings. The van der Waals surface area contributed by atoms with Crippen molar-refractivity contribution < 1.29 is 0 Å². The highest BCUT2D eigenvalue weighted by Crippen LogP contribution is 2.59. The van der Waals surface area contributed by atoms with Gasteiger partial charge in [0.1, 0.15) is 0 Å². The third kappa shape index (κ3) is 2.53. The van der Waals surface area contributed by atoms with Crippen LogP contribution in [0.3, 0.4) is 0 Å². The lowest BCUT2D eigenvalue weighted by molar-refractivity contribution is -0.0518. The van der Waals surface area contributed by atoms with E-state index in [1.54, 1.807) is 11.3 Å². The summed E-state index contributed by atoms with van der Waals surface area (Å²) in [6, 6.07) is 3.02. The van der Waals surface area contributed by atoms with Crippen molar-refractivity contribution in [1.29, 1.82) is 0 Å². The van der Waals surface area contributed by atoms with Crippen LogP contribution in [-0.4, -0.2) is 6.54 Å². The van der Waals surface area contributed by atoms with Crippen molar-refractivity contribution in [3.63, 3.8) is 0 Å². The van der Waals surface area contributed by atoms with E-state index in [0.717, 1.165) is 36.1 Å². The summed E-state index contributed by atoms with van der Waals surface area (Å²) in [6.45, 7) is 5.57. The van der Waals surface area contributed by atoms with Crippen molar-refractivity contribution in [3.05, 3.63) is 20.3 Å². The standard InChI is InChI=1S/C18H26BrNS/c1-3-20-17(15-4-10(2)18(19)21-15)16-13-6-11-5-12(8-13)9-14(16)7-11/h4,11-14,16-17,20H,3,5-9H2,1-2H3. The maximum absolute atomic E-state index is 3.86. The molecular formula is C18H26BrNS. The topological polar surface area (TPSA) is 12.0 Å². The molecule has 0 amide bonds. The van der Waals surface area contributed by atoms with E-state index in [2.05, 4.69) is 41.2 Å². The van der Waals surface area contributed by atoms with Gasteiger partial charge in [-0.1, -0.05) is 6.92 Å². The molecule has 4 bridgehead atoms. The molecule has 4 saturated carbocycles. The van der Waals surface area contributed by atoms with Gasteiger partial charge in [-0.05, 0) is 103 Å². The molecule has 1 aromatic rings. The molecule has 0 radical (unpaired) electrons. The molecular weight excluding hydrogens is 342 g/mol. The van der Waals surface area contributed by atoms with Gasteiger partial charge in [0.15, 0.2) is 0 Å². The first-order chi connectivity index (χ1) is 10.2. The summed E-state index contributed by atoms with van der Waals surface area (Å²) in [4.78, 5) is 1.57. The predicted octanol–water partition coefficient (Wildman–Crippen LogP) is 5.54. The summed E-state index contributed by atoms with van der Waals surface area (Å²) in [6.07, 6.45) is 7.63. The Morgan fingerprint density at radius 2 is 1.81 bits per heavy atom. The molecule has 1 N–H and O–H groups in total. The molecule has 1 nitrogen and oxygen atoms in total. The van der Waals surface area contributed by atoms with Crippen molar-refractivity contribution in [2.75, 3.05) is 6.54 Å². The van der Waals surface area contributed by atoms with Gasteiger partial charge in [-0.25, -0.2) is 0 Å². The lowest BCUT2D eigenvalue weighted by Gasteiger charge is -2.56. The average Bonchev–Trinajstić information content (AvgIpc) is 2.76. The van der Waals surface area contributed by atoms with E-state index in [-0.39, 0.29) is 0 Å². The number of hydrogen-bond donors (Lipinski definition) is 1. The Bertz CT molecular complexity index is 476. The van der Waals surface area contributed by atoms with E-state index in [9.17, 15) is 0 Å². The van der Waals surface area contributed by atoms with Crippen LogP contribution in [0, 0.1) is 36.5 Å². The van der Waals surface area contributed by atoms with Gasteiger partial charge in [0.2, 0.25) is 0 Å². The molecule has 3 heteroatoms. The number of halogens is 1. The third-order valence-electron chi connectivity index (χ3n) is 6.29. The van der Waals surface area contributed by atoms with Gasteiger partial charge in [0.25, 0.3) is 0 Å². The maximum atomic E-state index is 3.86. The molecule has 5 rings (SSSR count). The van der Waals surface area contributed by atoms with Crippen LogP contribution < -0.4 is 5.32 Å². The van der Waals surface area contributed by atoms with Crippen LogP contribution in [0.2, 0.25) is 0 Å². The van der Waals surface area contributed by atoms with Gasteiger partial charge >= 0.3 is 0 Å². The minimum atomic E-state index is 0.597. The Labute approximate surface area is 141 Å². The summed E-state index contributed by atoms with van der Waals surface area (Å²) >= 11 is 5.69. The second kappa shape index (κ2) is 5.65. The first-order valence-corrected chi connectivity index (χ1v) is 10.3. The van der Waals surface area contributed by atoms with E-state index in [1.807, 2.05) is 11.3 Å². The fraction of sp³-hybridized carbons (Fsp3) is 0.778. The van der Waals surface area contributed by atoms with Gasteiger partial charge in [-0.15, -0.1) is 11.3 Å². The molecule has 0 aliphatic heterocycles. The van der Waals surface area contributed by atoms with Crippen molar-refractivity contribution in [2.24, 2.45) is 29.6 Å². The second-order valence-corrected chi connectivity index (χ2v) is 10.1. The number of rotatable bonds is 4. The molecule has 0 spiro atoms. The third-order valence-corrected chi connectivity index (χ3v) is 8.51. The Hall–Kier alpha value is 0.140. The lowest BCUT2D eigenvalue weighted by Crippen LogP contribution is -2.49. The summed E-state index contributed by atoms with van der Waals surface area (Å²) in [5.41, 5.74) is 1.40. The van der Waals surface area contributed by atoms with E-state index >= 15 is 0 Å². The first kappa shape index (κ1) is 14.7. The Morgan fingerprint density at radius 3 is 2.29 bits per heavy atom. The number of nitrogens with one attached hydrogen (secondary N) is 1. The van der Waals surface area contributed by atoms with Crippen molar-refractivity contribution >= 4 is 27.3 Å². The van der Waals surface area contributed by atoms with E-state index < -0.39 is 0 Å². The zero-order valence-corrected chi connectivity index (χ0v) is 15.5. The Kier molecular flexibility index (Phi) is 3.96. The Balaban J connectivity index is 1.64. The van der Waals surface area contributed by atoms with E-state index in [1.165, 1.54) is 35.0 Å². The van der Waals surface area contributed by atoms with Crippen LogP contribution in [0.5, 0.6) is 0 Å². The molecule has 116 valence electrons. The molecule has 1 heterocycles. The fourth-order valence-corrected chi connectivity index (χ4v) is 7.50. The van der Waals surface area contributed by atoms with Crippen LogP contribution in [0.25, 0.3) is 0 Å². The van der Waals surface area contributed by atoms with Gasteiger partial charge < -0.3 is 5.32 Å².